The van der Waals surface area contributed by atoms with E-state index in [0.29, 0.717) is 13.2 Å². The fourth-order valence-corrected chi connectivity index (χ4v) is 0.477. The first-order valence-electron chi connectivity index (χ1n) is 2.33. The third kappa shape index (κ3) is 0.962. The minimum absolute atomic E-state index is 0.323. The highest BCUT2D eigenvalue weighted by Crippen LogP contribution is 1.95. The van der Waals surface area contributed by atoms with E-state index in [2.05, 4.69) is 9.73 Å². The predicted octanol–water partition coefficient (Wildman–Crippen LogP) is -0.709. The van der Waals surface area contributed by atoms with Crippen molar-refractivity contribution in [3.63, 3.8) is 0 Å². The molecule has 1 unspecified atom stereocenters. The third-order valence-electron chi connectivity index (χ3n) is 0.862. The molecule has 8 heavy (non-hydrogen) atoms. The van der Waals surface area contributed by atoms with Gasteiger partial charge in [-0.1, -0.05) is 0 Å². The maximum absolute atomic E-state index is 8.57. The van der Waals surface area contributed by atoms with E-state index in [0.717, 1.165) is 0 Å². The molecule has 4 nitrogen and oxygen atoms in total. The van der Waals surface area contributed by atoms with Gasteiger partial charge in [-0.15, -0.1) is 0 Å². The summed E-state index contributed by atoms with van der Waals surface area (Å²) in [5.74, 6) is -0.323. The average Bonchev–Trinajstić information content (AvgIpc) is 1.77. The zero-order valence-corrected chi connectivity index (χ0v) is 4.24. The first-order valence-corrected chi connectivity index (χ1v) is 2.33. The van der Waals surface area contributed by atoms with Gasteiger partial charge in [-0.25, -0.2) is 4.99 Å². The van der Waals surface area contributed by atoms with Gasteiger partial charge >= 0.3 is 0 Å². The van der Waals surface area contributed by atoms with Crippen molar-refractivity contribution in [1.82, 2.24) is 0 Å². The monoisotopic (exact) mass is 117 g/mol. The van der Waals surface area contributed by atoms with Gasteiger partial charge < -0.3 is 14.9 Å². The predicted molar refractivity (Wildman–Crippen MR) is 26.9 cm³/mol. The molecule has 46 valence electrons. The lowest BCUT2D eigenvalue weighted by Crippen LogP contribution is -2.29. The fourth-order valence-electron chi connectivity index (χ4n) is 0.477. The Kier molecular flexibility index (Phi) is 1.45. The van der Waals surface area contributed by atoms with Crippen LogP contribution in [0.4, 0.5) is 0 Å². The molecule has 2 N–H and O–H groups in total. The molecule has 0 bridgehead atoms. The molecule has 0 fully saturated rings. The second-order valence-electron chi connectivity index (χ2n) is 1.46. The van der Waals surface area contributed by atoms with Crippen LogP contribution in [0.2, 0.25) is 0 Å². The quantitative estimate of drug-likeness (QED) is 0.440. The summed E-state index contributed by atoms with van der Waals surface area (Å²) in [6.45, 7) is 0.814. The van der Waals surface area contributed by atoms with Crippen molar-refractivity contribution in [3.8, 4) is 0 Å². The molecule has 0 aromatic heterocycles. The number of rotatable bonds is 0. The molecular formula is C4H7NO3. The fraction of sp³-hybridized carbons (Fsp3) is 0.750. The second kappa shape index (κ2) is 2.11. The van der Waals surface area contributed by atoms with E-state index >= 15 is 0 Å². The summed E-state index contributed by atoms with van der Waals surface area (Å²) in [5.41, 5.74) is 0. The van der Waals surface area contributed by atoms with Crippen LogP contribution in [-0.4, -0.2) is 35.6 Å². The van der Waals surface area contributed by atoms with E-state index in [1.54, 1.807) is 0 Å². The van der Waals surface area contributed by atoms with Gasteiger partial charge in [0.2, 0.25) is 12.2 Å². The van der Waals surface area contributed by atoms with Gasteiger partial charge in [-0.3, -0.25) is 0 Å². The molecule has 0 radical (unpaired) electrons. The normalized spacial score (nSPS) is 29.6. The number of aliphatic hydroxyl groups excluding tert-OH is 2. The topological polar surface area (TPSA) is 62.1 Å². The highest BCUT2D eigenvalue weighted by molar-refractivity contribution is 5.77. The lowest BCUT2D eigenvalue weighted by atomic mass is 10.5. The Balaban J connectivity index is 2.53. The van der Waals surface area contributed by atoms with Crippen molar-refractivity contribution in [2.75, 3.05) is 13.2 Å². The standard InChI is InChI=1S/C4H7NO3/c6-3-4(7)8-2-1-5-3/h4,7H,1-2H2,(H,5,6). The van der Waals surface area contributed by atoms with Crippen LogP contribution in [0.5, 0.6) is 0 Å². The summed E-state index contributed by atoms with van der Waals surface area (Å²) < 4.78 is 4.56. The lowest BCUT2D eigenvalue weighted by molar-refractivity contribution is -0.0638. The highest BCUT2D eigenvalue weighted by atomic mass is 16.6. The maximum Gasteiger partial charge on any atom is 0.239 e. The van der Waals surface area contributed by atoms with Crippen LogP contribution in [0.3, 0.4) is 0 Å². The molecule has 0 aliphatic carbocycles. The van der Waals surface area contributed by atoms with E-state index in [9.17, 15) is 0 Å². The van der Waals surface area contributed by atoms with Crippen LogP contribution < -0.4 is 0 Å². The van der Waals surface area contributed by atoms with Crippen molar-refractivity contribution in [2.45, 2.75) is 6.29 Å². The molecule has 4 heteroatoms. The summed E-state index contributed by atoms with van der Waals surface area (Å²) in [4.78, 5) is 3.51. The number of ether oxygens (including phenoxy) is 1. The van der Waals surface area contributed by atoms with Crippen LogP contribution in [0.25, 0.3) is 0 Å². The Hall–Kier alpha value is -0.610. The van der Waals surface area contributed by atoms with E-state index in [4.69, 9.17) is 10.2 Å². The Morgan fingerprint density at radius 2 is 2.50 bits per heavy atom. The minimum atomic E-state index is -1.19. The van der Waals surface area contributed by atoms with Crippen molar-refractivity contribution in [1.29, 1.82) is 0 Å². The van der Waals surface area contributed by atoms with Crippen molar-refractivity contribution >= 4 is 5.90 Å². The first-order chi connectivity index (χ1) is 3.80. The van der Waals surface area contributed by atoms with E-state index in [-0.39, 0.29) is 5.90 Å². The molecule has 0 aromatic carbocycles. The average molecular weight is 117 g/mol. The SMILES string of the molecule is OC1=NCCOC1O. The van der Waals surface area contributed by atoms with Gasteiger partial charge in [-0.05, 0) is 0 Å². The smallest absolute Gasteiger partial charge is 0.239 e. The molecule has 1 aliphatic heterocycles. The molecular weight excluding hydrogens is 110 g/mol. The molecule has 1 heterocycles. The molecule has 0 saturated heterocycles. The number of aliphatic hydroxyl groups is 2. The Morgan fingerprint density at radius 1 is 1.75 bits per heavy atom. The maximum atomic E-state index is 8.57. The minimum Gasteiger partial charge on any atom is -0.493 e. The van der Waals surface area contributed by atoms with Crippen molar-refractivity contribution < 1.29 is 14.9 Å². The van der Waals surface area contributed by atoms with Crippen molar-refractivity contribution in [3.05, 3.63) is 0 Å². The lowest BCUT2D eigenvalue weighted by Gasteiger charge is -2.13. The van der Waals surface area contributed by atoms with Gasteiger partial charge in [0, 0.05) is 0 Å². The first kappa shape index (κ1) is 5.53. The van der Waals surface area contributed by atoms with Crippen LogP contribution in [-0.2, 0) is 4.74 Å². The van der Waals surface area contributed by atoms with E-state index < -0.39 is 6.29 Å². The van der Waals surface area contributed by atoms with Crippen LogP contribution >= 0.6 is 0 Å². The molecule has 1 atom stereocenters. The zero-order valence-electron chi connectivity index (χ0n) is 4.24. The third-order valence-corrected chi connectivity index (χ3v) is 0.862. The van der Waals surface area contributed by atoms with Gasteiger partial charge in [-0.2, -0.15) is 0 Å². The summed E-state index contributed by atoms with van der Waals surface area (Å²) >= 11 is 0. The number of hydrogen-bond donors (Lipinski definition) is 2. The summed E-state index contributed by atoms with van der Waals surface area (Å²) in [6, 6.07) is 0. The Labute approximate surface area is 46.4 Å². The molecule has 1 rings (SSSR count). The molecule has 0 amide bonds. The van der Waals surface area contributed by atoms with E-state index in [1.807, 2.05) is 0 Å². The molecule has 0 aromatic rings. The Bertz CT molecular complexity index is 112. The zero-order chi connectivity index (χ0) is 5.98. The Morgan fingerprint density at radius 3 is 2.88 bits per heavy atom. The highest BCUT2D eigenvalue weighted by Gasteiger charge is 2.14. The van der Waals surface area contributed by atoms with Gasteiger partial charge in [0.05, 0.1) is 13.2 Å². The summed E-state index contributed by atoms with van der Waals surface area (Å²) in [7, 11) is 0. The van der Waals surface area contributed by atoms with Crippen molar-refractivity contribution in [2.24, 2.45) is 4.99 Å². The summed E-state index contributed by atoms with van der Waals surface area (Å²) in [5, 5.41) is 17.1. The second-order valence-corrected chi connectivity index (χ2v) is 1.46. The van der Waals surface area contributed by atoms with Gasteiger partial charge in [0.15, 0.2) is 0 Å². The molecule has 0 spiro atoms. The number of nitrogens with zero attached hydrogens (tertiary/aromatic N) is 1. The van der Waals surface area contributed by atoms with Gasteiger partial charge in [0.1, 0.15) is 0 Å². The number of aliphatic imine (C=N–C) groups is 1. The molecule has 0 saturated carbocycles. The van der Waals surface area contributed by atoms with E-state index in [1.165, 1.54) is 0 Å². The summed E-state index contributed by atoms with van der Waals surface area (Å²) in [6.07, 6.45) is -1.19. The number of hydrogen-bond acceptors (Lipinski definition) is 3. The largest absolute Gasteiger partial charge is 0.493 e. The van der Waals surface area contributed by atoms with Gasteiger partial charge in [0.25, 0.3) is 0 Å². The van der Waals surface area contributed by atoms with Crippen LogP contribution in [0.15, 0.2) is 4.99 Å². The van der Waals surface area contributed by atoms with Crippen LogP contribution in [0.1, 0.15) is 0 Å². The van der Waals surface area contributed by atoms with Crippen LogP contribution in [0, 0.1) is 0 Å². The molecule has 1 aliphatic rings.